The number of alkyl halides is 3. The van der Waals surface area contributed by atoms with Crippen molar-refractivity contribution in [3.8, 4) is 17.0 Å². The van der Waals surface area contributed by atoms with Crippen molar-refractivity contribution < 1.29 is 27.1 Å². The molecule has 1 aliphatic carbocycles. The standard InChI is InChI=1S/C24H20F4N6O2/c1-36-17-7-6-15(25)10-16(17)21(35)30-11-13-2-4-14(5-3-13)18-19-20(29)31-12-32-34(19)22(33-18)23(8-9-23)24(26,27)28/h2-7,10,12H,8-9,11H2,1H3,(H,30,35)(H2,29,31,32). The number of aromatic nitrogens is 4. The van der Waals surface area contributed by atoms with Crippen LogP contribution in [0.1, 0.15) is 34.6 Å². The Balaban J connectivity index is 1.42. The van der Waals surface area contributed by atoms with Crippen molar-refractivity contribution in [1.82, 2.24) is 24.9 Å². The van der Waals surface area contributed by atoms with Gasteiger partial charge in [0.1, 0.15) is 40.3 Å². The first-order valence-corrected chi connectivity index (χ1v) is 10.9. The van der Waals surface area contributed by atoms with Crippen LogP contribution in [0.4, 0.5) is 23.4 Å². The number of fused-ring (bicyclic) bond motifs is 1. The van der Waals surface area contributed by atoms with Gasteiger partial charge in [0.25, 0.3) is 5.91 Å². The second-order valence-electron chi connectivity index (χ2n) is 8.49. The maximum absolute atomic E-state index is 13.8. The van der Waals surface area contributed by atoms with Gasteiger partial charge in [-0.05, 0) is 36.6 Å². The number of carbonyl (C=O) groups is 1. The first-order valence-electron chi connectivity index (χ1n) is 10.9. The van der Waals surface area contributed by atoms with E-state index >= 15 is 0 Å². The fourth-order valence-electron chi connectivity index (χ4n) is 4.14. The summed E-state index contributed by atoms with van der Waals surface area (Å²) >= 11 is 0. The third-order valence-electron chi connectivity index (χ3n) is 6.27. The Bertz CT molecular complexity index is 1460. The van der Waals surface area contributed by atoms with Crippen molar-refractivity contribution in [3.05, 3.63) is 71.6 Å². The summed E-state index contributed by atoms with van der Waals surface area (Å²) in [5, 5.41) is 6.70. The van der Waals surface area contributed by atoms with Crippen LogP contribution in [0, 0.1) is 5.82 Å². The summed E-state index contributed by atoms with van der Waals surface area (Å²) in [5.41, 5.74) is 5.64. The van der Waals surface area contributed by atoms with E-state index in [-0.39, 0.29) is 53.6 Å². The number of carbonyl (C=O) groups excluding carboxylic acids is 1. The van der Waals surface area contributed by atoms with Gasteiger partial charge in [0.2, 0.25) is 0 Å². The van der Waals surface area contributed by atoms with Crippen molar-refractivity contribution >= 4 is 17.2 Å². The first kappa shape index (κ1) is 23.5. The molecule has 5 rings (SSSR count). The molecule has 0 saturated heterocycles. The molecule has 1 fully saturated rings. The first-order chi connectivity index (χ1) is 17.1. The lowest BCUT2D eigenvalue weighted by Crippen LogP contribution is -2.31. The number of hydrogen-bond donors (Lipinski definition) is 2. The summed E-state index contributed by atoms with van der Waals surface area (Å²) in [4.78, 5) is 20.8. The Labute approximate surface area is 202 Å². The van der Waals surface area contributed by atoms with Crippen LogP contribution in [-0.2, 0) is 12.0 Å². The lowest BCUT2D eigenvalue weighted by Gasteiger charge is -2.17. The Kier molecular flexibility index (Phi) is 5.53. The number of halogens is 4. The number of amides is 1. The molecule has 3 N–H and O–H groups in total. The number of nitrogen functional groups attached to an aromatic ring is 1. The molecule has 0 atom stereocenters. The molecule has 1 saturated carbocycles. The molecule has 4 aromatic rings. The molecule has 2 aromatic carbocycles. The molecule has 2 aromatic heterocycles. The van der Waals surface area contributed by atoms with Crippen LogP contribution in [0.25, 0.3) is 16.8 Å². The topological polar surface area (TPSA) is 107 Å². The second kappa shape index (κ2) is 8.47. The molecule has 8 nitrogen and oxygen atoms in total. The summed E-state index contributed by atoms with van der Waals surface area (Å²) in [6, 6.07) is 10.4. The van der Waals surface area contributed by atoms with Crippen molar-refractivity contribution in [2.75, 3.05) is 12.8 Å². The number of hydrogen-bond acceptors (Lipinski definition) is 6. The largest absolute Gasteiger partial charge is 0.496 e. The number of ether oxygens (including phenoxy) is 1. The molecule has 186 valence electrons. The molecule has 1 aliphatic rings. The number of nitrogens with zero attached hydrogens (tertiary/aromatic N) is 4. The summed E-state index contributed by atoms with van der Waals surface area (Å²) in [5.74, 6) is -1.06. The lowest BCUT2D eigenvalue weighted by molar-refractivity contribution is -0.162. The van der Waals surface area contributed by atoms with Gasteiger partial charge in [0.15, 0.2) is 5.82 Å². The van der Waals surface area contributed by atoms with Crippen LogP contribution in [0.15, 0.2) is 48.8 Å². The number of rotatable bonds is 6. The molecule has 1 amide bonds. The summed E-state index contributed by atoms with van der Waals surface area (Å²) < 4.78 is 61.3. The molecule has 0 spiro atoms. The fourth-order valence-corrected chi connectivity index (χ4v) is 4.14. The van der Waals surface area contributed by atoms with Crippen LogP contribution < -0.4 is 15.8 Å². The normalized spacial score (nSPS) is 14.6. The number of imidazole rings is 1. The minimum Gasteiger partial charge on any atom is -0.496 e. The van der Waals surface area contributed by atoms with Crippen molar-refractivity contribution in [2.24, 2.45) is 0 Å². The molecular formula is C24H20F4N6O2. The van der Waals surface area contributed by atoms with E-state index in [1.807, 2.05) is 0 Å². The minimum atomic E-state index is -4.47. The number of benzene rings is 2. The highest BCUT2D eigenvalue weighted by molar-refractivity contribution is 5.97. The average Bonchev–Trinajstić information content (AvgIpc) is 3.58. The zero-order valence-corrected chi connectivity index (χ0v) is 18.9. The highest BCUT2D eigenvalue weighted by Crippen LogP contribution is 2.58. The fraction of sp³-hybridized carbons (Fsp3) is 0.250. The Morgan fingerprint density at radius 2 is 1.92 bits per heavy atom. The summed E-state index contributed by atoms with van der Waals surface area (Å²) in [7, 11) is 1.38. The summed E-state index contributed by atoms with van der Waals surface area (Å²) in [6.45, 7) is 0.121. The Morgan fingerprint density at radius 3 is 2.56 bits per heavy atom. The van der Waals surface area contributed by atoms with E-state index in [0.29, 0.717) is 11.1 Å². The third kappa shape index (κ3) is 3.88. The molecular weight excluding hydrogens is 480 g/mol. The molecule has 0 aliphatic heterocycles. The van der Waals surface area contributed by atoms with Gasteiger partial charge in [-0.3, -0.25) is 4.79 Å². The number of nitrogens with one attached hydrogen (secondary N) is 1. The van der Waals surface area contributed by atoms with Crippen LogP contribution in [0.3, 0.4) is 0 Å². The van der Waals surface area contributed by atoms with Gasteiger partial charge >= 0.3 is 6.18 Å². The zero-order chi connectivity index (χ0) is 25.7. The highest BCUT2D eigenvalue weighted by Gasteiger charge is 2.67. The predicted molar refractivity (Wildman–Crippen MR) is 122 cm³/mol. The number of methoxy groups -OCH3 is 1. The quantitative estimate of drug-likeness (QED) is 0.387. The maximum Gasteiger partial charge on any atom is 0.401 e. The molecule has 36 heavy (non-hydrogen) atoms. The Morgan fingerprint density at radius 1 is 1.19 bits per heavy atom. The molecule has 0 bridgehead atoms. The maximum atomic E-state index is 13.8. The van der Waals surface area contributed by atoms with Gasteiger partial charge < -0.3 is 15.8 Å². The molecule has 12 heteroatoms. The predicted octanol–water partition coefficient (Wildman–Crippen LogP) is 4.05. The van der Waals surface area contributed by atoms with E-state index in [0.717, 1.165) is 16.9 Å². The van der Waals surface area contributed by atoms with Gasteiger partial charge in [0.05, 0.1) is 12.7 Å². The van der Waals surface area contributed by atoms with E-state index < -0.39 is 23.3 Å². The van der Waals surface area contributed by atoms with Crippen LogP contribution in [0.5, 0.6) is 5.75 Å². The molecule has 0 unspecified atom stereocenters. The highest BCUT2D eigenvalue weighted by atomic mass is 19.4. The van der Waals surface area contributed by atoms with Gasteiger partial charge in [-0.1, -0.05) is 24.3 Å². The molecule has 2 heterocycles. The number of anilines is 1. The van der Waals surface area contributed by atoms with Crippen molar-refractivity contribution in [1.29, 1.82) is 0 Å². The van der Waals surface area contributed by atoms with E-state index in [1.54, 1.807) is 24.3 Å². The van der Waals surface area contributed by atoms with Gasteiger partial charge in [-0.25, -0.2) is 18.9 Å². The second-order valence-corrected chi connectivity index (χ2v) is 8.49. The van der Waals surface area contributed by atoms with Gasteiger partial charge in [-0.2, -0.15) is 18.3 Å². The van der Waals surface area contributed by atoms with E-state index in [4.69, 9.17) is 10.5 Å². The minimum absolute atomic E-state index is 0.0112. The van der Waals surface area contributed by atoms with E-state index in [9.17, 15) is 22.4 Å². The lowest BCUT2D eigenvalue weighted by atomic mass is 10.1. The Hall–Kier alpha value is -4.22. The van der Waals surface area contributed by atoms with Crippen molar-refractivity contribution in [3.63, 3.8) is 0 Å². The SMILES string of the molecule is COc1ccc(F)cc1C(=O)NCc1ccc(-c2nc(C3(C(F)(F)F)CC3)n3ncnc(N)c23)cc1. The van der Waals surface area contributed by atoms with E-state index in [2.05, 4.69) is 20.4 Å². The zero-order valence-electron chi connectivity index (χ0n) is 18.9. The number of nitrogens with two attached hydrogens (primary N) is 1. The smallest absolute Gasteiger partial charge is 0.401 e. The third-order valence-corrected chi connectivity index (χ3v) is 6.27. The monoisotopic (exact) mass is 500 g/mol. The van der Waals surface area contributed by atoms with E-state index in [1.165, 1.54) is 19.2 Å². The van der Waals surface area contributed by atoms with Gasteiger partial charge in [-0.15, -0.1) is 0 Å². The van der Waals surface area contributed by atoms with Crippen LogP contribution in [-0.4, -0.2) is 38.8 Å². The van der Waals surface area contributed by atoms with Crippen LogP contribution in [0.2, 0.25) is 0 Å². The van der Waals surface area contributed by atoms with Crippen LogP contribution >= 0.6 is 0 Å². The van der Waals surface area contributed by atoms with Crippen molar-refractivity contribution in [2.45, 2.75) is 31.0 Å². The summed E-state index contributed by atoms with van der Waals surface area (Å²) in [6.07, 6.45) is -3.53. The average molecular weight is 500 g/mol. The van der Waals surface area contributed by atoms with Gasteiger partial charge in [0, 0.05) is 12.1 Å². The molecule has 0 radical (unpaired) electrons.